The second-order valence-corrected chi connectivity index (χ2v) is 2.81. The minimum Gasteiger partial charge on any atom is -0.354 e. The second-order valence-electron chi connectivity index (χ2n) is 2.81. The van der Waals surface area contributed by atoms with Gasteiger partial charge in [0.05, 0.1) is 5.69 Å². The number of hydrogen-bond donors (Lipinski definition) is 1. The Kier molecular flexibility index (Phi) is 2.51. The van der Waals surface area contributed by atoms with Gasteiger partial charge in [-0.15, -0.1) is 0 Å². The maximum absolute atomic E-state index is 5.12. The Morgan fingerprint density at radius 3 is 3.14 bits per heavy atom. The lowest BCUT2D eigenvalue weighted by Crippen LogP contribution is -2.04. The van der Waals surface area contributed by atoms with Crippen molar-refractivity contribution in [2.24, 2.45) is 0 Å². The van der Waals surface area contributed by atoms with E-state index >= 15 is 0 Å². The van der Waals surface area contributed by atoms with Crippen molar-refractivity contribution in [2.45, 2.75) is 6.54 Å². The fraction of sp³-hybridized carbons (Fsp3) is 0.222. The maximum atomic E-state index is 5.12. The molecule has 0 radical (unpaired) electrons. The van der Waals surface area contributed by atoms with Gasteiger partial charge in [0.15, 0.2) is 5.76 Å². The quantitative estimate of drug-likeness (QED) is 0.777. The summed E-state index contributed by atoms with van der Waals surface area (Å²) in [5.74, 6) is 0.664. The molecule has 0 unspecified atom stereocenters. The first kappa shape index (κ1) is 8.83. The van der Waals surface area contributed by atoms with E-state index in [4.69, 9.17) is 4.52 Å². The van der Waals surface area contributed by atoms with Crippen LogP contribution in [0.2, 0.25) is 0 Å². The van der Waals surface area contributed by atoms with Gasteiger partial charge >= 0.3 is 0 Å². The van der Waals surface area contributed by atoms with Crippen molar-refractivity contribution in [2.75, 3.05) is 7.05 Å². The van der Waals surface area contributed by atoms with E-state index in [0.29, 0.717) is 12.3 Å². The standard InChI is InChI=1S/C9H10N4O/c1-10-5-7-4-9(14-13-7)8-2-3-11-6-12-8/h2-4,6,10H,5H2,1H3. The Balaban J connectivity index is 2.25. The Hall–Kier alpha value is -1.75. The predicted molar refractivity (Wildman–Crippen MR) is 50.3 cm³/mol. The molecule has 0 aliphatic rings. The topological polar surface area (TPSA) is 63.8 Å². The largest absolute Gasteiger partial charge is 0.354 e. The molecule has 72 valence electrons. The number of nitrogens with zero attached hydrogens (tertiary/aromatic N) is 3. The van der Waals surface area contributed by atoms with Crippen LogP contribution in [0.15, 0.2) is 29.2 Å². The summed E-state index contributed by atoms with van der Waals surface area (Å²) in [6, 6.07) is 3.64. The van der Waals surface area contributed by atoms with Crippen LogP contribution in [-0.2, 0) is 6.54 Å². The molecule has 0 aliphatic heterocycles. The van der Waals surface area contributed by atoms with E-state index in [-0.39, 0.29) is 0 Å². The van der Waals surface area contributed by atoms with Crippen molar-refractivity contribution in [1.82, 2.24) is 20.4 Å². The summed E-state index contributed by atoms with van der Waals surface area (Å²) < 4.78 is 5.12. The summed E-state index contributed by atoms with van der Waals surface area (Å²) in [6.45, 7) is 0.689. The Morgan fingerprint density at radius 1 is 1.50 bits per heavy atom. The summed E-state index contributed by atoms with van der Waals surface area (Å²) in [6.07, 6.45) is 3.15. The molecule has 5 heteroatoms. The van der Waals surface area contributed by atoms with Crippen molar-refractivity contribution >= 4 is 0 Å². The highest BCUT2D eigenvalue weighted by atomic mass is 16.5. The molecule has 0 amide bonds. The van der Waals surface area contributed by atoms with Crippen LogP contribution in [-0.4, -0.2) is 22.2 Å². The summed E-state index contributed by atoms with van der Waals surface area (Å²) in [5.41, 5.74) is 1.61. The van der Waals surface area contributed by atoms with Crippen LogP contribution >= 0.6 is 0 Å². The summed E-state index contributed by atoms with van der Waals surface area (Å²) in [5, 5.41) is 6.88. The van der Waals surface area contributed by atoms with E-state index < -0.39 is 0 Å². The van der Waals surface area contributed by atoms with Crippen LogP contribution in [0.25, 0.3) is 11.5 Å². The lowest BCUT2D eigenvalue weighted by atomic mass is 10.3. The molecule has 0 saturated heterocycles. The first-order valence-electron chi connectivity index (χ1n) is 4.26. The zero-order valence-corrected chi connectivity index (χ0v) is 7.77. The molecule has 14 heavy (non-hydrogen) atoms. The molecule has 0 bridgehead atoms. The molecule has 0 saturated carbocycles. The molecule has 2 heterocycles. The lowest BCUT2D eigenvalue weighted by Gasteiger charge is -1.90. The van der Waals surface area contributed by atoms with E-state index in [1.165, 1.54) is 6.33 Å². The van der Waals surface area contributed by atoms with Gasteiger partial charge in [0.2, 0.25) is 0 Å². The average molecular weight is 190 g/mol. The van der Waals surface area contributed by atoms with Gasteiger partial charge in [0.25, 0.3) is 0 Å². The Labute approximate surface area is 81.2 Å². The Morgan fingerprint density at radius 2 is 2.43 bits per heavy atom. The average Bonchev–Trinajstić information content (AvgIpc) is 2.68. The molecule has 1 N–H and O–H groups in total. The smallest absolute Gasteiger partial charge is 0.185 e. The number of rotatable bonds is 3. The first-order valence-corrected chi connectivity index (χ1v) is 4.26. The highest BCUT2D eigenvalue weighted by molar-refractivity contribution is 5.50. The van der Waals surface area contributed by atoms with Gasteiger partial charge in [0.1, 0.15) is 12.0 Å². The molecule has 2 rings (SSSR count). The van der Waals surface area contributed by atoms with E-state index in [0.717, 1.165) is 11.4 Å². The zero-order valence-electron chi connectivity index (χ0n) is 7.77. The van der Waals surface area contributed by atoms with Crippen LogP contribution in [0.1, 0.15) is 5.69 Å². The fourth-order valence-corrected chi connectivity index (χ4v) is 1.13. The molecular formula is C9H10N4O. The molecule has 0 aromatic carbocycles. The van der Waals surface area contributed by atoms with Gasteiger partial charge in [-0.25, -0.2) is 9.97 Å². The molecule has 0 fully saturated rings. The Bertz CT molecular complexity index is 398. The van der Waals surface area contributed by atoms with Gasteiger partial charge in [0, 0.05) is 18.8 Å². The number of aromatic nitrogens is 3. The van der Waals surface area contributed by atoms with Crippen LogP contribution in [0.5, 0.6) is 0 Å². The third-order valence-electron chi connectivity index (χ3n) is 1.75. The van der Waals surface area contributed by atoms with Gasteiger partial charge in [-0.2, -0.15) is 0 Å². The summed E-state index contributed by atoms with van der Waals surface area (Å²) >= 11 is 0. The molecule has 2 aromatic heterocycles. The first-order chi connectivity index (χ1) is 6.90. The maximum Gasteiger partial charge on any atom is 0.185 e. The van der Waals surface area contributed by atoms with Crippen molar-refractivity contribution < 1.29 is 4.52 Å². The van der Waals surface area contributed by atoms with Crippen LogP contribution in [0.4, 0.5) is 0 Å². The summed E-state index contributed by atoms with van der Waals surface area (Å²) in [4.78, 5) is 7.89. The zero-order chi connectivity index (χ0) is 9.80. The lowest BCUT2D eigenvalue weighted by molar-refractivity contribution is 0.420. The highest BCUT2D eigenvalue weighted by Gasteiger charge is 2.06. The third kappa shape index (κ3) is 1.77. The van der Waals surface area contributed by atoms with Crippen LogP contribution in [0, 0.1) is 0 Å². The number of nitrogens with one attached hydrogen (secondary N) is 1. The van der Waals surface area contributed by atoms with E-state index in [1.54, 1.807) is 12.3 Å². The third-order valence-corrected chi connectivity index (χ3v) is 1.75. The van der Waals surface area contributed by atoms with Gasteiger partial charge in [-0.3, -0.25) is 0 Å². The molecule has 0 spiro atoms. The van der Waals surface area contributed by atoms with Crippen molar-refractivity contribution in [1.29, 1.82) is 0 Å². The normalized spacial score (nSPS) is 10.4. The molecule has 0 atom stereocenters. The molecule has 2 aromatic rings. The van der Waals surface area contributed by atoms with Crippen molar-refractivity contribution in [3.8, 4) is 11.5 Å². The fourth-order valence-electron chi connectivity index (χ4n) is 1.13. The molecular weight excluding hydrogens is 180 g/mol. The van der Waals surface area contributed by atoms with E-state index in [1.807, 2.05) is 13.1 Å². The number of hydrogen-bond acceptors (Lipinski definition) is 5. The van der Waals surface area contributed by atoms with Crippen LogP contribution in [0.3, 0.4) is 0 Å². The second kappa shape index (κ2) is 3.97. The van der Waals surface area contributed by atoms with Gasteiger partial charge in [-0.1, -0.05) is 5.16 Å². The molecule has 5 nitrogen and oxygen atoms in total. The van der Waals surface area contributed by atoms with Crippen molar-refractivity contribution in [3.63, 3.8) is 0 Å². The minimum absolute atomic E-state index is 0.664. The monoisotopic (exact) mass is 190 g/mol. The minimum atomic E-state index is 0.664. The predicted octanol–water partition coefficient (Wildman–Crippen LogP) is 0.851. The van der Waals surface area contributed by atoms with Gasteiger partial charge < -0.3 is 9.84 Å². The summed E-state index contributed by atoms with van der Waals surface area (Å²) in [7, 11) is 1.86. The highest BCUT2D eigenvalue weighted by Crippen LogP contribution is 2.16. The SMILES string of the molecule is CNCc1cc(-c2ccncn2)on1. The van der Waals surface area contributed by atoms with Crippen LogP contribution < -0.4 is 5.32 Å². The van der Waals surface area contributed by atoms with E-state index in [9.17, 15) is 0 Å². The van der Waals surface area contributed by atoms with E-state index in [2.05, 4.69) is 20.4 Å². The van der Waals surface area contributed by atoms with Gasteiger partial charge in [-0.05, 0) is 13.1 Å². The van der Waals surface area contributed by atoms with Crippen molar-refractivity contribution in [3.05, 3.63) is 30.4 Å². The molecule has 0 aliphatic carbocycles.